The molecular formula is C20H18ClN3O2. The van der Waals surface area contributed by atoms with Gasteiger partial charge in [0.15, 0.2) is 5.78 Å². The fourth-order valence-electron chi connectivity index (χ4n) is 3.21. The second kappa shape index (κ2) is 6.32. The number of aryl methyl sites for hydroxylation is 2. The molecule has 0 unspecified atom stereocenters. The number of pyridine rings is 3. The van der Waals surface area contributed by atoms with Gasteiger partial charge >= 0.3 is 0 Å². The molecule has 26 heavy (non-hydrogen) atoms. The zero-order valence-electron chi connectivity index (χ0n) is 14.6. The summed E-state index contributed by atoms with van der Waals surface area (Å²) in [4.78, 5) is 33.5. The van der Waals surface area contributed by atoms with Crippen molar-refractivity contribution in [3.05, 3.63) is 57.4 Å². The maximum atomic E-state index is 12.8. The average Bonchev–Trinajstić information content (AvgIpc) is 3.43. The van der Waals surface area contributed by atoms with Gasteiger partial charge in [-0.25, -0.2) is 4.98 Å². The number of fused-ring (bicyclic) bond motifs is 1. The lowest BCUT2D eigenvalue weighted by molar-refractivity contribution is 0.0971. The lowest BCUT2D eigenvalue weighted by Crippen LogP contribution is -2.19. The summed E-state index contributed by atoms with van der Waals surface area (Å²) < 4.78 is 1.56. The van der Waals surface area contributed by atoms with Gasteiger partial charge in [-0.2, -0.15) is 0 Å². The Morgan fingerprint density at radius 1 is 1.19 bits per heavy atom. The van der Waals surface area contributed by atoms with Gasteiger partial charge in [0.05, 0.1) is 5.52 Å². The summed E-state index contributed by atoms with van der Waals surface area (Å²) in [5.74, 6) is 0.601. The van der Waals surface area contributed by atoms with Crippen molar-refractivity contribution in [3.8, 4) is 11.1 Å². The van der Waals surface area contributed by atoms with Crippen molar-refractivity contribution >= 4 is 28.3 Å². The van der Waals surface area contributed by atoms with E-state index in [4.69, 9.17) is 11.6 Å². The van der Waals surface area contributed by atoms with E-state index in [2.05, 4.69) is 9.97 Å². The van der Waals surface area contributed by atoms with E-state index in [0.717, 1.165) is 34.9 Å². The fraction of sp³-hybridized carbons (Fsp3) is 0.300. The molecule has 4 rings (SSSR count). The van der Waals surface area contributed by atoms with E-state index in [9.17, 15) is 9.59 Å². The Bertz CT molecular complexity index is 1100. The van der Waals surface area contributed by atoms with E-state index in [-0.39, 0.29) is 11.3 Å². The summed E-state index contributed by atoms with van der Waals surface area (Å²) in [6.07, 6.45) is 6.11. The molecule has 1 aliphatic rings. The molecule has 0 bridgehead atoms. The smallest absolute Gasteiger partial charge is 0.258 e. The summed E-state index contributed by atoms with van der Waals surface area (Å²) in [5.41, 5.74) is 3.18. The number of hydrogen-bond donors (Lipinski definition) is 0. The highest BCUT2D eigenvalue weighted by Crippen LogP contribution is 2.33. The SMILES string of the molecule is Cc1cc(C(=O)CC2CC2)ncc1-c1cc2cnc(Cl)cc2n(C)c1=O. The number of carbonyl (C=O) groups excluding carboxylic acids is 1. The number of Topliss-reactive ketones (excluding diaryl/α,β-unsaturated/α-hetero) is 1. The van der Waals surface area contributed by atoms with E-state index in [1.165, 1.54) is 0 Å². The zero-order valence-corrected chi connectivity index (χ0v) is 15.4. The summed E-state index contributed by atoms with van der Waals surface area (Å²) in [6, 6.07) is 5.26. The van der Waals surface area contributed by atoms with Crippen LogP contribution in [0.1, 0.15) is 35.3 Å². The molecule has 0 aromatic carbocycles. The van der Waals surface area contributed by atoms with E-state index in [1.54, 1.807) is 42.2 Å². The molecule has 1 aliphatic carbocycles. The molecule has 0 spiro atoms. The van der Waals surface area contributed by atoms with Crippen LogP contribution in [0.4, 0.5) is 0 Å². The Morgan fingerprint density at radius 3 is 2.65 bits per heavy atom. The normalized spacial score (nSPS) is 14.0. The maximum Gasteiger partial charge on any atom is 0.258 e. The Kier molecular flexibility index (Phi) is 4.11. The van der Waals surface area contributed by atoms with Crippen LogP contribution >= 0.6 is 11.6 Å². The van der Waals surface area contributed by atoms with Crippen LogP contribution in [0.3, 0.4) is 0 Å². The van der Waals surface area contributed by atoms with Gasteiger partial charge in [0.1, 0.15) is 10.8 Å². The van der Waals surface area contributed by atoms with Crippen molar-refractivity contribution in [1.82, 2.24) is 14.5 Å². The minimum Gasteiger partial charge on any atom is -0.311 e. The predicted molar refractivity (Wildman–Crippen MR) is 102 cm³/mol. The highest BCUT2D eigenvalue weighted by molar-refractivity contribution is 6.30. The van der Waals surface area contributed by atoms with Crippen molar-refractivity contribution in [2.75, 3.05) is 0 Å². The first kappa shape index (κ1) is 16.9. The first-order valence-electron chi connectivity index (χ1n) is 8.59. The molecule has 132 valence electrons. The minimum absolute atomic E-state index is 0.0763. The molecule has 3 heterocycles. The topological polar surface area (TPSA) is 64.8 Å². The number of carbonyl (C=O) groups is 1. The fourth-order valence-corrected chi connectivity index (χ4v) is 3.36. The van der Waals surface area contributed by atoms with Crippen molar-refractivity contribution in [2.24, 2.45) is 13.0 Å². The molecule has 0 aliphatic heterocycles. The standard InChI is InChI=1S/C20H18ClN3O2/c1-11-5-16(18(25)6-12-3-4-12)22-10-15(11)14-7-13-9-23-19(21)8-17(13)24(2)20(14)26/h5,7-10,12H,3-4,6H2,1-2H3. The third kappa shape index (κ3) is 3.03. The third-order valence-electron chi connectivity index (χ3n) is 4.93. The van der Waals surface area contributed by atoms with Gasteiger partial charge in [-0.15, -0.1) is 0 Å². The van der Waals surface area contributed by atoms with Gasteiger partial charge in [0.25, 0.3) is 5.56 Å². The van der Waals surface area contributed by atoms with Crippen LogP contribution < -0.4 is 5.56 Å². The molecule has 0 atom stereocenters. The van der Waals surface area contributed by atoms with Crippen LogP contribution in [-0.4, -0.2) is 20.3 Å². The largest absolute Gasteiger partial charge is 0.311 e. The Morgan fingerprint density at radius 2 is 1.96 bits per heavy atom. The lowest BCUT2D eigenvalue weighted by atomic mass is 10.0. The van der Waals surface area contributed by atoms with E-state index in [0.29, 0.717) is 28.7 Å². The number of halogens is 1. The molecule has 0 N–H and O–H groups in total. The molecule has 0 radical (unpaired) electrons. The van der Waals surface area contributed by atoms with Crippen molar-refractivity contribution in [2.45, 2.75) is 26.2 Å². The second-order valence-corrected chi connectivity index (χ2v) is 7.33. The Hall–Kier alpha value is -2.53. The highest BCUT2D eigenvalue weighted by atomic mass is 35.5. The molecule has 0 amide bonds. The van der Waals surface area contributed by atoms with E-state index >= 15 is 0 Å². The van der Waals surface area contributed by atoms with Gasteiger partial charge in [0, 0.05) is 42.4 Å². The monoisotopic (exact) mass is 367 g/mol. The molecule has 0 saturated heterocycles. The van der Waals surface area contributed by atoms with Gasteiger partial charge in [-0.05, 0) is 49.4 Å². The number of rotatable bonds is 4. The number of nitrogens with zero attached hydrogens (tertiary/aromatic N) is 3. The van der Waals surface area contributed by atoms with E-state index < -0.39 is 0 Å². The van der Waals surface area contributed by atoms with Gasteiger partial charge in [0.2, 0.25) is 0 Å². The van der Waals surface area contributed by atoms with Crippen molar-refractivity contribution in [3.63, 3.8) is 0 Å². The third-order valence-corrected chi connectivity index (χ3v) is 5.14. The summed E-state index contributed by atoms with van der Waals surface area (Å²) in [7, 11) is 1.71. The maximum absolute atomic E-state index is 12.8. The van der Waals surface area contributed by atoms with Gasteiger partial charge in [-0.1, -0.05) is 11.6 Å². The Labute approximate surface area is 155 Å². The molecule has 1 fully saturated rings. The number of aromatic nitrogens is 3. The summed E-state index contributed by atoms with van der Waals surface area (Å²) >= 11 is 5.94. The van der Waals surface area contributed by atoms with Crippen LogP contribution in [0.2, 0.25) is 5.15 Å². The summed E-state index contributed by atoms with van der Waals surface area (Å²) in [6.45, 7) is 1.90. The Balaban J connectivity index is 1.79. The van der Waals surface area contributed by atoms with Crippen LogP contribution in [0.25, 0.3) is 22.0 Å². The molecule has 5 nitrogen and oxygen atoms in total. The van der Waals surface area contributed by atoms with E-state index in [1.807, 2.05) is 6.92 Å². The zero-order chi connectivity index (χ0) is 18.4. The first-order valence-corrected chi connectivity index (χ1v) is 8.97. The molecule has 6 heteroatoms. The van der Waals surface area contributed by atoms with Crippen LogP contribution in [0, 0.1) is 12.8 Å². The second-order valence-electron chi connectivity index (χ2n) is 6.94. The van der Waals surface area contributed by atoms with Crippen LogP contribution in [0.15, 0.2) is 35.4 Å². The van der Waals surface area contributed by atoms with Crippen molar-refractivity contribution < 1.29 is 4.79 Å². The first-order chi connectivity index (χ1) is 12.4. The quantitative estimate of drug-likeness (QED) is 0.517. The molecule has 3 aromatic rings. The average molecular weight is 368 g/mol. The van der Waals surface area contributed by atoms with Gasteiger partial charge < -0.3 is 4.57 Å². The molecule has 3 aromatic heterocycles. The molecule has 1 saturated carbocycles. The minimum atomic E-state index is -0.137. The molecular weight excluding hydrogens is 350 g/mol. The number of hydrogen-bond acceptors (Lipinski definition) is 4. The predicted octanol–water partition coefficient (Wildman–Crippen LogP) is 3.94. The van der Waals surface area contributed by atoms with Crippen LogP contribution in [0.5, 0.6) is 0 Å². The summed E-state index contributed by atoms with van der Waals surface area (Å²) in [5, 5.41) is 1.16. The lowest BCUT2D eigenvalue weighted by Gasteiger charge is -2.11. The number of ketones is 1. The van der Waals surface area contributed by atoms with Crippen LogP contribution in [-0.2, 0) is 7.05 Å². The highest BCUT2D eigenvalue weighted by Gasteiger charge is 2.25. The van der Waals surface area contributed by atoms with Crippen molar-refractivity contribution in [1.29, 1.82) is 0 Å². The van der Waals surface area contributed by atoms with Gasteiger partial charge in [-0.3, -0.25) is 14.6 Å².